The molecule has 0 spiro atoms. The Labute approximate surface area is 356 Å². The fourth-order valence-corrected chi connectivity index (χ4v) is 8.95. The first kappa shape index (κ1) is 49.5. The topological polar surface area (TPSA) is 185 Å². The number of hydrogen-bond donors (Lipinski definition) is 1. The standard InChI is InChI=1S/C40H54F4N5O10PS/c1-37(2,3)35(53)56-22-58-60(55,59-23-57-36(54)38(4,5)6)40(43,44)25-10-13-29-24(16-25)17-30(61-29)32(50)46-27-18-48(19-31(41)42)15-14-26-11-12-28(49(26)33(27)51)34(52)47(9)21-39(7,8)20-45/h10,13,16-17,26-28,31H,11-12,14-15,18-19,21-23H2,1-9H3,(H,46,50)/t26-,27+,28+/m1/s1. The Morgan fingerprint density at radius 2 is 1.56 bits per heavy atom. The van der Waals surface area contributed by atoms with E-state index in [9.17, 15) is 42.6 Å². The highest BCUT2D eigenvalue weighted by atomic mass is 32.1. The summed E-state index contributed by atoms with van der Waals surface area (Å²) in [6.45, 7) is 9.20. The van der Waals surface area contributed by atoms with Gasteiger partial charge in [0.15, 0.2) is 0 Å². The van der Waals surface area contributed by atoms with Crippen LogP contribution < -0.4 is 5.32 Å². The molecule has 0 bridgehead atoms. The van der Waals surface area contributed by atoms with Crippen molar-refractivity contribution >= 4 is 58.7 Å². The molecule has 3 heterocycles. The smallest absolute Gasteiger partial charge is 0.410 e. The van der Waals surface area contributed by atoms with Gasteiger partial charge in [-0.1, -0.05) is 6.07 Å². The number of thiophene rings is 1. The fraction of sp³-hybridized carbons (Fsp3) is 0.650. The van der Waals surface area contributed by atoms with Crippen molar-refractivity contribution in [2.75, 3.05) is 46.8 Å². The van der Waals surface area contributed by atoms with E-state index in [2.05, 4.69) is 11.4 Å². The summed E-state index contributed by atoms with van der Waals surface area (Å²) in [5, 5.41) is 12.2. The number of rotatable bonds is 15. The van der Waals surface area contributed by atoms with Gasteiger partial charge in [0.25, 0.3) is 12.3 Å². The Hall–Kier alpha value is -4.15. The molecule has 21 heteroatoms. The van der Waals surface area contributed by atoms with E-state index < -0.39 is 109 Å². The molecule has 15 nitrogen and oxygen atoms in total. The molecule has 0 radical (unpaired) electrons. The number of benzene rings is 1. The van der Waals surface area contributed by atoms with Crippen molar-refractivity contribution in [1.29, 1.82) is 5.26 Å². The van der Waals surface area contributed by atoms with Crippen molar-refractivity contribution in [3.63, 3.8) is 0 Å². The highest BCUT2D eigenvalue weighted by molar-refractivity contribution is 7.54. The molecular formula is C40H54F4N5O10PS. The zero-order valence-corrected chi connectivity index (χ0v) is 37.4. The predicted octanol–water partition coefficient (Wildman–Crippen LogP) is 6.71. The highest BCUT2D eigenvalue weighted by Crippen LogP contribution is 2.67. The van der Waals surface area contributed by atoms with E-state index in [4.69, 9.17) is 18.5 Å². The van der Waals surface area contributed by atoms with Crippen molar-refractivity contribution in [3.05, 3.63) is 34.7 Å². The zero-order chi connectivity index (χ0) is 45.9. The van der Waals surface area contributed by atoms with E-state index in [1.165, 1.54) is 75.4 Å². The van der Waals surface area contributed by atoms with Crippen LogP contribution in [0.1, 0.15) is 89.9 Å². The van der Waals surface area contributed by atoms with E-state index in [-0.39, 0.29) is 29.9 Å². The molecule has 1 aromatic carbocycles. The summed E-state index contributed by atoms with van der Waals surface area (Å²) in [5.41, 5.74) is -8.33. The van der Waals surface area contributed by atoms with E-state index >= 15 is 8.78 Å². The van der Waals surface area contributed by atoms with Crippen LogP contribution >= 0.6 is 18.9 Å². The second-order valence-corrected chi connectivity index (χ2v) is 21.1. The Kier molecular flexibility index (Phi) is 15.5. The fourth-order valence-electron chi connectivity index (χ4n) is 6.77. The minimum Gasteiger partial charge on any atom is -0.438 e. The summed E-state index contributed by atoms with van der Waals surface area (Å²) in [4.78, 5) is 70.5. The molecule has 2 aliphatic heterocycles. The average molecular weight is 904 g/mol. The van der Waals surface area contributed by atoms with Crippen LogP contribution in [0.5, 0.6) is 0 Å². The molecule has 1 aromatic heterocycles. The number of nitrogens with zero attached hydrogens (tertiary/aromatic N) is 4. The van der Waals surface area contributed by atoms with Gasteiger partial charge in [0.1, 0.15) is 12.1 Å². The summed E-state index contributed by atoms with van der Waals surface area (Å²) in [7, 11) is -4.12. The third-order valence-electron chi connectivity index (χ3n) is 10.1. The van der Waals surface area contributed by atoms with Gasteiger partial charge in [-0.2, -0.15) is 14.0 Å². The van der Waals surface area contributed by atoms with Crippen LogP contribution in [0.15, 0.2) is 24.3 Å². The number of ether oxygens (including phenoxy) is 2. The van der Waals surface area contributed by atoms with E-state index in [0.717, 1.165) is 23.5 Å². The normalized spacial score (nSPS) is 19.5. The van der Waals surface area contributed by atoms with Gasteiger partial charge in [0.05, 0.1) is 33.7 Å². The summed E-state index contributed by atoms with van der Waals surface area (Å²) >= 11 is 0.869. The van der Waals surface area contributed by atoms with Crippen LogP contribution in [0.2, 0.25) is 0 Å². The number of hydrogen-bond acceptors (Lipinski definition) is 13. The van der Waals surface area contributed by atoms with Crippen molar-refractivity contribution < 1.29 is 64.6 Å². The molecule has 0 saturated carbocycles. The van der Waals surface area contributed by atoms with Crippen LogP contribution in [0.4, 0.5) is 17.6 Å². The third kappa shape index (κ3) is 12.1. The molecule has 2 fully saturated rings. The lowest BCUT2D eigenvalue weighted by Crippen LogP contribution is -2.61. The first-order valence-electron chi connectivity index (χ1n) is 19.6. The third-order valence-corrected chi connectivity index (χ3v) is 13.0. The summed E-state index contributed by atoms with van der Waals surface area (Å²) in [6.07, 6.45) is -1.72. The van der Waals surface area contributed by atoms with Crippen molar-refractivity contribution in [2.45, 2.75) is 105 Å². The molecule has 3 atom stereocenters. The largest absolute Gasteiger partial charge is 0.438 e. The molecule has 3 amide bonds. The number of esters is 2. The van der Waals surface area contributed by atoms with Gasteiger partial charge >= 0.3 is 25.2 Å². The molecule has 2 aliphatic rings. The lowest BCUT2D eigenvalue weighted by atomic mass is 9.95. The van der Waals surface area contributed by atoms with Crippen LogP contribution in [0, 0.1) is 27.6 Å². The van der Waals surface area contributed by atoms with Crippen LogP contribution in [-0.4, -0.2) is 116 Å². The molecule has 0 aliphatic carbocycles. The lowest BCUT2D eigenvalue weighted by Gasteiger charge is -2.39. The number of likely N-dealkylation sites (N-methyl/N-ethyl adjacent to an activating group) is 1. The number of carbonyl (C=O) groups excluding carboxylic acids is 5. The van der Waals surface area contributed by atoms with Gasteiger partial charge in [-0.3, -0.25) is 42.5 Å². The maximum atomic E-state index is 16.3. The molecule has 4 rings (SSSR count). The Balaban J connectivity index is 1.61. The lowest BCUT2D eigenvalue weighted by molar-refractivity contribution is -0.163. The van der Waals surface area contributed by atoms with Crippen LogP contribution in [-0.2, 0) is 47.9 Å². The Morgan fingerprint density at radius 3 is 2.10 bits per heavy atom. The summed E-state index contributed by atoms with van der Waals surface area (Å²) < 4.78 is 93.7. The molecule has 2 saturated heterocycles. The average Bonchev–Trinajstić information content (AvgIpc) is 3.78. The van der Waals surface area contributed by atoms with E-state index in [1.807, 2.05) is 0 Å². The molecule has 0 unspecified atom stereocenters. The number of amides is 3. The van der Waals surface area contributed by atoms with Crippen molar-refractivity contribution in [3.8, 4) is 6.07 Å². The van der Waals surface area contributed by atoms with E-state index in [0.29, 0.717) is 24.0 Å². The van der Waals surface area contributed by atoms with Gasteiger partial charge in [-0.05, 0) is 98.2 Å². The first-order chi connectivity index (χ1) is 28.1. The molecular weight excluding hydrogens is 849 g/mol. The molecule has 338 valence electrons. The minimum atomic E-state index is -5.65. The van der Waals surface area contributed by atoms with E-state index in [1.54, 1.807) is 13.8 Å². The number of nitrogens with one attached hydrogen (secondary N) is 1. The van der Waals surface area contributed by atoms with Crippen LogP contribution in [0.3, 0.4) is 0 Å². The number of alkyl halides is 4. The second kappa shape index (κ2) is 19.1. The summed E-state index contributed by atoms with van der Waals surface area (Å²) in [6, 6.07) is 3.69. The second-order valence-electron chi connectivity index (χ2n) is 17.9. The quantitative estimate of drug-likeness (QED) is 0.0864. The number of fused-ring (bicyclic) bond motifs is 2. The zero-order valence-electron chi connectivity index (χ0n) is 35.7. The number of halogens is 4. The van der Waals surface area contributed by atoms with Gasteiger partial charge in [0.2, 0.25) is 25.4 Å². The van der Waals surface area contributed by atoms with Gasteiger partial charge < -0.3 is 24.6 Å². The monoisotopic (exact) mass is 903 g/mol. The van der Waals surface area contributed by atoms with Crippen molar-refractivity contribution in [2.24, 2.45) is 16.2 Å². The number of carbonyl (C=O) groups is 5. The highest BCUT2D eigenvalue weighted by Gasteiger charge is 2.56. The van der Waals surface area contributed by atoms with Gasteiger partial charge in [-0.25, -0.2) is 8.78 Å². The summed E-state index contributed by atoms with van der Waals surface area (Å²) in [5.74, 6) is -3.58. The number of nitriles is 1. The first-order valence-corrected chi connectivity index (χ1v) is 21.9. The SMILES string of the molecule is CN(CC(C)(C)C#N)C(=O)[C@@H]1CC[C@@H]2CCN(CC(F)F)C[C@H](NC(=O)c3cc4cc(C(F)(F)P(=O)(OCOC(=O)C(C)(C)C)OCOC(=O)C(C)(C)C)ccc4s3)C(=O)N21. The molecule has 61 heavy (non-hydrogen) atoms. The Morgan fingerprint density at radius 1 is 0.967 bits per heavy atom. The van der Waals surface area contributed by atoms with Gasteiger partial charge in [0, 0.05) is 43.0 Å². The maximum Gasteiger partial charge on any atom is 0.410 e. The van der Waals surface area contributed by atoms with Gasteiger partial charge in [-0.15, -0.1) is 11.3 Å². The Bertz CT molecular complexity index is 2030. The molecule has 1 N–H and O–H groups in total. The van der Waals surface area contributed by atoms with Crippen molar-refractivity contribution in [1.82, 2.24) is 20.0 Å². The van der Waals surface area contributed by atoms with Crippen LogP contribution in [0.25, 0.3) is 10.1 Å². The minimum absolute atomic E-state index is 0.0475. The predicted molar refractivity (Wildman–Crippen MR) is 215 cm³/mol. The maximum absolute atomic E-state index is 16.3. The molecule has 2 aromatic rings.